The first-order valence-corrected chi connectivity index (χ1v) is 4.69. The number of ether oxygens (including phenoxy) is 1. The molecule has 1 aromatic rings. The maximum atomic E-state index is 12.6. The summed E-state index contributed by atoms with van der Waals surface area (Å²) in [4.78, 5) is 4.30. The first-order valence-electron chi connectivity index (χ1n) is 4.69. The molecule has 7 heteroatoms. The van der Waals surface area contributed by atoms with E-state index in [1.54, 1.807) is 0 Å². The molecule has 1 aromatic carbocycles. The number of benzene rings is 1. The zero-order valence-electron chi connectivity index (χ0n) is 9.04. The number of phenols is 1. The fourth-order valence-corrected chi connectivity index (χ4v) is 1.41. The van der Waals surface area contributed by atoms with Gasteiger partial charge in [0.1, 0.15) is 5.56 Å². The van der Waals surface area contributed by atoms with E-state index in [1.807, 2.05) is 0 Å². The van der Waals surface area contributed by atoms with Crippen molar-refractivity contribution in [3.63, 3.8) is 0 Å². The van der Waals surface area contributed by atoms with E-state index in [1.165, 1.54) is 6.07 Å². The summed E-state index contributed by atoms with van der Waals surface area (Å²) in [6.45, 7) is 0.0854. The van der Waals surface area contributed by atoms with Gasteiger partial charge in [0.05, 0.1) is 13.7 Å². The minimum absolute atomic E-state index is 0.0854. The van der Waals surface area contributed by atoms with Crippen molar-refractivity contribution in [1.29, 1.82) is 0 Å². The Balaban J connectivity index is 3.18. The molecule has 4 nitrogen and oxygen atoms in total. The van der Waals surface area contributed by atoms with Crippen LogP contribution in [0, 0.1) is 0 Å². The monoisotopic (exact) mass is 251 g/mol. The lowest BCUT2D eigenvalue weighted by molar-refractivity contribution is -0.138. The number of nitrogens with two attached hydrogens (primary N) is 1. The Morgan fingerprint density at radius 3 is 2.47 bits per heavy atom. The maximum Gasteiger partial charge on any atom is 0.420 e. The zero-order valence-corrected chi connectivity index (χ0v) is 9.04. The zero-order chi connectivity index (χ0) is 13.1. The fraction of sp³-hybridized carbons (Fsp3) is 0.400. The summed E-state index contributed by atoms with van der Waals surface area (Å²) in [7, 11) is 1.06. The van der Waals surface area contributed by atoms with Crippen LogP contribution in [0.1, 0.15) is 11.1 Å². The van der Waals surface area contributed by atoms with Crippen molar-refractivity contribution in [3.8, 4) is 11.5 Å². The van der Waals surface area contributed by atoms with Gasteiger partial charge in [-0.2, -0.15) is 13.2 Å². The second-order valence-electron chi connectivity index (χ2n) is 3.27. The van der Waals surface area contributed by atoms with Crippen molar-refractivity contribution in [1.82, 2.24) is 0 Å². The molecule has 0 aliphatic rings. The standard InChI is InChI=1S/C10H12F3NO3/c1-16-9-7(10(11,12)13)3-2-6(8(9)15)4-5-17-14/h2-3,15H,4-5,14H2,1H3. The van der Waals surface area contributed by atoms with Crippen LogP contribution in [0.25, 0.3) is 0 Å². The molecule has 0 aliphatic heterocycles. The topological polar surface area (TPSA) is 64.7 Å². The molecule has 96 valence electrons. The number of hydrogen-bond donors (Lipinski definition) is 2. The summed E-state index contributed by atoms with van der Waals surface area (Å²) < 4.78 is 42.3. The fourth-order valence-electron chi connectivity index (χ4n) is 1.41. The van der Waals surface area contributed by atoms with Crippen LogP contribution in [0.5, 0.6) is 11.5 Å². The minimum Gasteiger partial charge on any atom is -0.504 e. The van der Waals surface area contributed by atoms with Crippen LogP contribution in [0.15, 0.2) is 12.1 Å². The number of halogens is 3. The molecule has 0 aliphatic carbocycles. The van der Waals surface area contributed by atoms with Crippen LogP contribution < -0.4 is 10.6 Å². The second kappa shape index (κ2) is 5.24. The lowest BCUT2D eigenvalue weighted by Gasteiger charge is -2.15. The molecule has 3 N–H and O–H groups in total. The molecule has 0 radical (unpaired) electrons. The molecule has 17 heavy (non-hydrogen) atoms. The highest BCUT2D eigenvalue weighted by Crippen LogP contribution is 2.42. The van der Waals surface area contributed by atoms with Gasteiger partial charge in [-0.3, -0.25) is 0 Å². The predicted octanol–water partition coefficient (Wildman–Crippen LogP) is 1.85. The number of aromatic hydroxyl groups is 1. The lowest BCUT2D eigenvalue weighted by Crippen LogP contribution is -2.09. The highest BCUT2D eigenvalue weighted by molar-refractivity contribution is 5.52. The molecule has 0 atom stereocenters. The minimum atomic E-state index is -4.58. The van der Waals surface area contributed by atoms with Gasteiger partial charge >= 0.3 is 6.18 Å². The van der Waals surface area contributed by atoms with Crippen molar-refractivity contribution in [2.45, 2.75) is 12.6 Å². The molecule has 0 spiro atoms. The highest BCUT2D eigenvalue weighted by Gasteiger charge is 2.36. The maximum absolute atomic E-state index is 12.6. The third kappa shape index (κ3) is 3.01. The molecule has 0 amide bonds. The Morgan fingerprint density at radius 2 is 2.00 bits per heavy atom. The molecule has 1 rings (SSSR count). The molecule has 0 bridgehead atoms. The summed E-state index contributed by atoms with van der Waals surface area (Å²) in [6.07, 6.45) is -4.39. The van der Waals surface area contributed by atoms with Gasteiger partial charge in [-0.25, -0.2) is 5.90 Å². The number of phenolic OH excluding ortho intramolecular Hbond substituents is 1. The largest absolute Gasteiger partial charge is 0.504 e. The van der Waals surface area contributed by atoms with Gasteiger partial charge in [0.25, 0.3) is 0 Å². The first-order chi connectivity index (χ1) is 7.91. The Kier molecular flexibility index (Phi) is 4.19. The van der Waals surface area contributed by atoms with Crippen LogP contribution in [0.4, 0.5) is 13.2 Å². The Bertz CT molecular complexity index is 393. The summed E-state index contributed by atoms with van der Waals surface area (Å²) in [5.41, 5.74) is -0.741. The quantitative estimate of drug-likeness (QED) is 0.801. The Hall–Kier alpha value is -1.47. The highest BCUT2D eigenvalue weighted by atomic mass is 19.4. The van der Waals surface area contributed by atoms with E-state index in [9.17, 15) is 18.3 Å². The summed E-state index contributed by atoms with van der Waals surface area (Å²) in [6, 6.07) is 2.02. The molecular weight excluding hydrogens is 239 g/mol. The van der Waals surface area contributed by atoms with Gasteiger partial charge in [-0.1, -0.05) is 6.07 Å². The third-order valence-corrected chi connectivity index (χ3v) is 2.21. The number of hydrogen-bond acceptors (Lipinski definition) is 4. The smallest absolute Gasteiger partial charge is 0.420 e. The van der Waals surface area contributed by atoms with Crippen molar-refractivity contribution in [2.24, 2.45) is 5.90 Å². The average Bonchev–Trinajstić information content (AvgIpc) is 2.25. The molecule has 0 saturated heterocycles. The van der Waals surface area contributed by atoms with E-state index in [2.05, 4.69) is 9.57 Å². The Morgan fingerprint density at radius 1 is 1.35 bits per heavy atom. The third-order valence-electron chi connectivity index (χ3n) is 2.21. The predicted molar refractivity (Wildman–Crippen MR) is 53.5 cm³/mol. The van der Waals surface area contributed by atoms with Crippen LogP contribution in [-0.2, 0) is 17.4 Å². The van der Waals surface area contributed by atoms with Gasteiger partial charge in [-0.05, 0) is 6.07 Å². The molecule has 0 heterocycles. The molecular formula is C10H12F3NO3. The van der Waals surface area contributed by atoms with Gasteiger partial charge in [-0.15, -0.1) is 0 Å². The van der Waals surface area contributed by atoms with E-state index >= 15 is 0 Å². The summed E-state index contributed by atoms with van der Waals surface area (Å²) >= 11 is 0. The van der Waals surface area contributed by atoms with Gasteiger partial charge in [0.2, 0.25) is 0 Å². The summed E-state index contributed by atoms with van der Waals surface area (Å²) in [5, 5.41) is 9.64. The van der Waals surface area contributed by atoms with Gasteiger partial charge in [0.15, 0.2) is 11.5 Å². The molecule has 0 aromatic heterocycles. The van der Waals surface area contributed by atoms with Crippen molar-refractivity contribution in [3.05, 3.63) is 23.3 Å². The molecule has 0 saturated carbocycles. The molecule has 0 unspecified atom stereocenters. The van der Waals surface area contributed by atoms with Crippen molar-refractivity contribution < 1.29 is 27.9 Å². The van der Waals surface area contributed by atoms with Crippen LogP contribution in [0.2, 0.25) is 0 Å². The number of alkyl halides is 3. The SMILES string of the molecule is COc1c(C(F)(F)F)ccc(CCON)c1O. The van der Waals surface area contributed by atoms with E-state index in [4.69, 9.17) is 5.90 Å². The van der Waals surface area contributed by atoms with E-state index in [-0.39, 0.29) is 18.6 Å². The van der Waals surface area contributed by atoms with Crippen LogP contribution in [0.3, 0.4) is 0 Å². The van der Waals surface area contributed by atoms with Crippen LogP contribution in [-0.4, -0.2) is 18.8 Å². The van der Waals surface area contributed by atoms with E-state index in [0.717, 1.165) is 13.2 Å². The number of methoxy groups -OCH3 is 1. The van der Waals surface area contributed by atoms with E-state index in [0.29, 0.717) is 0 Å². The average molecular weight is 251 g/mol. The van der Waals surface area contributed by atoms with Crippen molar-refractivity contribution in [2.75, 3.05) is 13.7 Å². The first kappa shape index (κ1) is 13.6. The van der Waals surface area contributed by atoms with Gasteiger partial charge < -0.3 is 14.7 Å². The number of rotatable bonds is 4. The summed E-state index contributed by atoms with van der Waals surface area (Å²) in [5.74, 6) is 3.67. The van der Waals surface area contributed by atoms with Crippen LogP contribution >= 0.6 is 0 Å². The lowest BCUT2D eigenvalue weighted by atomic mass is 10.1. The normalized spacial score (nSPS) is 11.6. The molecule has 0 fully saturated rings. The Labute approximate surface area is 95.7 Å². The second-order valence-corrected chi connectivity index (χ2v) is 3.27. The van der Waals surface area contributed by atoms with E-state index < -0.39 is 23.2 Å². The van der Waals surface area contributed by atoms with Crippen molar-refractivity contribution >= 4 is 0 Å². The van der Waals surface area contributed by atoms with Gasteiger partial charge in [0, 0.05) is 12.0 Å².